The Morgan fingerprint density at radius 2 is 2.19 bits per heavy atom. The van der Waals surface area contributed by atoms with Crippen LogP contribution in [0.25, 0.3) is 0 Å². The molecule has 0 aliphatic heterocycles. The minimum atomic E-state index is 0.132. The van der Waals surface area contributed by atoms with Crippen molar-refractivity contribution in [2.24, 2.45) is 11.3 Å². The predicted molar refractivity (Wildman–Crippen MR) is 70.2 cm³/mol. The second kappa shape index (κ2) is 5.01. The molecule has 0 aromatic heterocycles. The number of aliphatic hydroxyl groups is 1. The Balaban J connectivity index is 2.89. The quantitative estimate of drug-likeness (QED) is 0.565. The van der Waals surface area contributed by atoms with Gasteiger partial charge in [0.2, 0.25) is 0 Å². The molecule has 0 radical (unpaired) electrons. The first kappa shape index (κ1) is 13.2. The van der Waals surface area contributed by atoms with Crippen LogP contribution in [-0.2, 0) is 0 Å². The molecule has 0 fully saturated rings. The zero-order valence-corrected chi connectivity index (χ0v) is 11.2. The van der Waals surface area contributed by atoms with Gasteiger partial charge in [0.1, 0.15) is 0 Å². The maximum absolute atomic E-state index is 9.17. The Morgan fingerprint density at radius 3 is 2.56 bits per heavy atom. The van der Waals surface area contributed by atoms with Gasteiger partial charge in [0.05, 0.1) is 6.61 Å². The molecule has 0 aromatic rings. The average molecular weight is 220 g/mol. The van der Waals surface area contributed by atoms with E-state index in [1.54, 1.807) is 0 Å². The molecule has 0 bridgehead atoms. The van der Waals surface area contributed by atoms with Crippen molar-refractivity contribution in [2.45, 2.75) is 41.0 Å². The molecule has 1 aliphatic carbocycles. The van der Waals surface area contributed by atoms with Crippen molar-refractivity contribution in [1.82, 2.24) is 0 Å². The van der Waals surface area contributed by atoms with Crippen molar-refractivity contribution >= 4 is 0 Å². The highest BCUT2D eigenvalue weighted by molar-refractivity contribution is 5.31. The number of aliphatic hydroxyl groups excluding tert-OH is 1. The van der Waals surface area contributed by atoms with Crippen LogP contribution in [0.4, 0.5) is 0 Å². The molecule has 90 valence electrons. The number of rotatable bonds is 3. The van der Waals surface area contributed by atoms with Crippen molar-refractivity contribution in [2.75, 3.05) is 6.61 Å². The van der Waals surface area contributed by atoms with Gasteiger partial charge < -0.3 is 5.11 Å². The molecule has 0 heterocycles. The van der Waals surface area contributed by atoms with Crippen LogP contribution in [0.3, 0.4) is 0 Å². The van der Waals surface area contributed by atoms with Gasteiger partial charge in [-0.1, -0.05) is 43.2 Å². The lowest BCUT2D eigenvalue weighted by Gasteiger charge is -2.30. The van der Waals surface area contributed by atoms with Crippen LogP contribution in [0.15, 0.2) is 34.9 Å². The van der Waals surface area contributed by atoms with Gasteiger partial charge in [-0.15, -0.1) is 0 Å². The Kier molecular flexibility index (Phi) is 4.15. The summed E-state index contributed by atoms with van der Waals surface area (Å²) in [6.07, 6.45) is 7.59. The summed E-state index contributed by atoms with van der Waals surface area (Å²) in [7, 11) is 0. The Bertz CT molecular complexity index is 342. The van der Waals surface area contributed by atoms with Gasteiger partial charge in [-0.25, -0.2) is 0 Å². The molecule has 1 nitrogen and oxygen atoms in total. The summed E-state index contributed by atoms with van der Waals surface area (Å²) < 4.78 is 0. The number of hydrogen-bond acceptors (Lipinski definition) is 1. The first-order valence-electron chi connectivity index (χ1n) is 6.05. The number of allylic oxidation sites excluding steroid dienone is 4. The molecule has 0 saturated heterocycles. The second-order valence-electron chi connectivity index (χ2n) is 5.31. The van der Waals surface area contributed by atoms with Gasteiger partial charge in [0, 0.05) is 0 Å². The molecule has 1 N–H and O–H groups in total. The fourth-order valence-corrected chi connectivity index (χ4v) is 2.50. The first-order chi connectivity index (χ1) is 7.43. The summed E-state index contributed by atoms with van der Waals surface area (Å²) in [6, 6.07) is 0. The summed E-state index contributed by atoms with van der Waals surface area (Å²) in [5, 5.41) is 9.17. The molecule has 0 aromatic carbocycles. The first-order valence-corrected chi connectivity index (χ1v) is 6.05. The van der Waals surface area contributed by atoms with Crippen LogP contribution in [0.5, 0.6) is 0 Å². The van der Waals surface area contributed by atoms with E-state index in [4.69, 9.17) is 0 Å². The highest BCUT2D eigenvalue weighted by atomic mass is 16.3. The lowest BCUT2D eigenvalue weighted by atomic mass is 9.74. The van der Waals surface area contributed by atoms with Crippen molar-refractivity contribution in [3.8, 4) is 0 Å². The van der Waals surface area contributed by atoms with Crippen molar-refractivity contribution < 1.29 is 5.11 Å². The van der Waals surface area contributed by atoms with E-state index in [1.807, 2.05) is 13.0 Å². The Hall–Kier alpha value is -0.820. The van der Waals surface area contributed by atoms with Crippen LogP contribution in [0, 0.1) is 11.3 Å². The van der Waals surface area contributed by atoms with Crippen LogP contribution in [-0.4, -0.2) is 11.7 Å². The third-order valence-corrected chi connectivity index (χ3v) is 4.06. The maximum Gasteiger partial charge on any atom is 0.0678 e. The summed E-state index contributed by atoms with van der Waals surface area (Å²) in [5.74, 6) is 0.578. The van der Waals surface area contributed by atoms with Crippen LogP contribution >= 0.6 is 0 Å². The Morgan fingerprint density at radius 1 is 1.56 bits per heavy atom. The summed E-state index contributed by atoms with van der Waals surface area (Å²) >= 11 is 0. The third-order valence-electron chi connectivity index (χ3n) is 4.06. The molecular weight excluding hydrogens is 196 g/mol. The van der Waals surface area contributed by atoms with E-state index in [9.17, 15) is 5.11 Å². The van der Waals surface area contributed by atoms with Gasteiger partial charge in [-0.05, 0) is 44.1 Å². The van der Waals surface area contributed by atoms with Crippen molar-refractivity contribution in [3.63, 3.8) is 0 Å². The normalized spacial score (nSPS) is 25.9. The van der Waals surface area contributed by atoms with E-state index in [2.05, 4.69) is 39.8 Å². The highest BCUT2D eigenvalue weighted by Crippen LogP contribution is 2.46. The molecule has 1 heteroatoms. The molecule has 1 atom stereocenters. The third kappa shape index (κ3) is 2.46. The highest BCUT2D eigenvalue weighted by Gasteiger charge is 2.35. The Labute approximate surface area is 99.6 Å². The second-order valence-corrected chi connectivity index (χ2v) is 5.31. The smallest absolute Gasteiger partial charge is 0.0678 e. The van der Waals surface area contributed by atoms with Crippen LogP contribution < -0.4 is 0 Å². The monoisotopic (exact) mass is 220 g/mol. The minimum absolute atomic E-state index is 0.132. The largest absolute Gasteiger partial charge is 0.392 e. The van der Waals surface area contributed by atoms with Crippen LogP contribution in [0.1, 0.15) is 41.0 Å². The topological polar surface area (TPSA) is 20.2 Å². The molecule has 1 aliphatic rings. The fourth-order valence-electron chi connectivity index (χ4n) is 2.50. The van der Waals surface area contributed by atoms with E-state index in [0.29, 0.717) is 5.92 Å². The van der Waals surface area contributed by atoms with E-state index >= 15 is 0 Å². The average Bonchev–Trinajstić information content (AvgIpc) is 2.50. The van der Waals surface area contributed by atoms with Gasteiger partial charge in [0.25, 0.3) is 0 Å². The zero-order valence-electron chi connectivity index (χ0n) is 11.2. The molecule has 0 amide bonds. The van der Waals surface area contributed by atoms with Crippen molar-refractivity contribution in [1.29, 1.82) is 0 Å². The van der Waals surface area contributed by atoms with E-state index < -0.39 is 0 Å². The zero-order chi connectivity index (χ0) is 12.3. The standard InChI is InChI=1S/C15H24O/c1-6-13(10-16)9-11(2)14-8-7-12(3)15(14,4)5/h6-7,9,14,16H,8,10H2,1-5H3. The van der Waals surface area contributed by atoms with Crippen LogP contribution in [0.2, 0.25) is 0 Å². The van der Waals surface area contributed by atoms with Gasteiger partial charge in [-0.3, -0.25) is 0 Å². The van der Waals surface area contributed by atoms with Gasteiger partial charge >= 0.3 is 0 Å². The molecule has 0 spiro atoms. The summed E-state index contributed by atoms with van der Waals surface area (Å²) in [6.45, 7) is 11.1. The SMILES string of the molecule is CC=C(C=C(C)C1CC=C(C)C1(C)C)CO. The van der Waals surface area contributed by atoms with Gasteiger partial charge in [-0.2, -0.15) is 0 Å². The summed E-state index contributed by atoms with van der Waals surface area (Å²) in [5.41, 5.74) is 4.13. The summed E-state index contributed by atoms with van der Waals surface area (Å²) in [4.78, 5) is 0. The molecule has 0 saturated carbocycles. The lowest BCUT2D eigenvalue weighted by molar-refractivity contribution is 0.328. The fraction of sp³-hybridized carbons (Fsp3) is 0.600. The molecular formula is C15H24O. The predicted octanol–water partition coefficient (Wildman–Crippen LogP) is 3.86. The molecule has 1 rings (SSSR count). The maximum atomic E-state index is 9.17. The minimum Gasteiger partial charge on any atom is -0.392 e. The van der Waals surface area contributed by atoms with E-state index in [-0.39, 0.29) is 12.0 Å². The van der Waals surface area contributed by atoms with Crippen molar-refractivity contribution in [3.05, 3.63) is 34.9 Å². The number of hydrogen-bond donors (Lipinski definition) is 1. The van der Waals surface area contributed by atoms with E-state index in [0.717, 1.165) is 12.0 Å². The molecule has 1 unspecified atom stereocenters. The van der Waals surface area contributed by atoms with Gasteiger partial charge in [0.15, 0.2) is 0 Å². The van der Waals surface area contributed by atoms with E-state index in [1.165, 1.54) is 11.1 Å². The lowest BCUT2D eigenvalue weighted by Crippen LogP contribution is -2.21. The molecule has 16 heavy (non-hydrogen) atoms.